The first kappa shape index (κ1) is 13.9. The highest BCUT2D eigenvalue weighted by molar-refractivity contribution is 6.20. The zero-order valence-corrected chi connectivity index (χ0v) is 12.4. The molecule has 116 valence electrons. The van der Waals surface area contributed by atoms with E-state index in [2.05, 4.69) is 6.58 Å². The maximum Gasteiger partial charge on any atom is 0.347 e. The second-order valence-electron chi connectivity index (χ2n) is 7.21. The molecule has 4 rings (SSSR count). The van der Waals surface area contributed by atoms with Crippen molar-refractivity contribution in [3.05, 3.63) is 24.8 Å². The topological polar surface area (TPSA) is 80.7 Å². The number of esters is 1. The Kier molecular flexibility index (Phi) is 2.38. The standard InChI is InChI=1S/C17H18O5/c1-3-6-16-10-5-4-9(7-10)11(16)12(18)17(21)14(20)22-8-15(17,2)13(16)19/h3-5,9-11,21H,1,6-8H2,2H3/t9-,10+,11+,15-,16+,17+/m1/s1. The molecule has 22 heavy (non-hydrogen) atoms. The van der Waals surface area contributed by atoms with Gasteiger partial charge in [0, 0.05) is 11.3 Å². The number of aliphatic hydroxyl groups is 1. The van der Waals surface area contributed by atoms with Gasteiger partial charge in [0.25, 0.3) is 0 Å². The zero-order chi connectivity index (χ0) is 15.9. The Hall–Kier alpha value is -1.75. The van der Waals surface area contributed by atoms with Crippen LogP contribution in [0.15, 0.2) is 24.8 Å². The van der Waals surface area contributed by atoms with E-state index in [9.17, 15) is 19.5 Å². The minimum atomic E-state index is -2.34. The van der Waals surface area contributed by atoms with Gasteiger partial charge >= 0.3 is 5.97 Å². The summed E-state index contributed by atoms with van der Waals surface area (Å²) in [5.74, 6) is -2.54. The van der Waals surface area contributed by atoms with Gasteiger partial charge in [0.05, 0.1) is 0 Å². The van der Waals surface area contributed by atoms with E-state index in [1.165, 1.54) is 6.92 Å². The van der Waals surface area contributed by atoms with Gasteiger partial charge in [-0.05, 0) is 31.6 Å². The summed E-state index contributed by atoms with van der Waals surface area (Å²) < 4.78 is 4.95. The molecule has 0 aromatic carbocycles. The lowest BCUT2D eigenvalue weighted by molar-refractivity contribution is -0.186. The molecule has 3 aliphatic carbocycles. The van der Waals surface area contributed by atoms with Gasteiger partial charge in [-0.3, -0.25) is 9.59 Å². The van der Waals surface area contributed by atoms with Crippen LogP contribution >= 0.6 is 0 Å². The zero-order valence-electron chi connectivity index (χ0n) is 12.4. The number of allylic oxidation sites excluding steroid dienone is 3. The van der Waals surface area contributed by atoms with Gasteiger partial charge < -0.3 is 9.84 Å². The van der Waals surface area contributed by atoms with Gasteiger partial charge in [0.15, 0.2) is 11.6 Å². The van der Waals surface area contributed by atoms with E-state index in [1.54, 1.807) is 6.08 Å². The Balaban J connectivity index is 1.98. The molecule has 0 radical (unpaired) electrons. The number of ether oxygens (including phenoxy) is 1. The van der Waals surface area contributed by atoms with E-state index < -0.39 is 34.1 Å². The van der Waals surface area contributed by atoms with Crippen LogP contribution in [0.4, 0.5) is 0 Å². The first-order valence-corrected chi connectivity index (χ1v) is 7.62. The van der Waals surface area contributed by atoms with Crippen LogP contribution in [0.2, 0.25) is 0 Å². The smallest absolute Gasteiger partial charge is 0.347 e. The number of ketones is 2. The predicted molar refractivity (Wildman–Crippen MR) is 75.5 cm³/mol. The first-order valence-electron chi connectivity index (χ1n) is 7.62. The van der Waals surface area contributed by atoms with Crippen molar-refractivity contribution in [3.8, 4) is 0 Å². The average molecular weight is 302 g/mol. The fourth-order valence-electron chi connectivity index (χ4n) is 5.30. The number of fused-ring (bicyclic) bond motifs is 6. The van der Waals surface area contributed by atoms with Crippen molar-refractivity contribution in [2.24, 2.45) is 28.6 Å². The third-order valence-electron chi connectivity index (χ3n) is 6.39. The highest BCUT2D eigenvalue weighted by atomic mass is 16.6. The van der Waals surface area contributed by atoms with E-state index in [1.807, 2.05) is 12.2 Å². The Morgan fingerprint density at radius 3 is 2.82 bits per heavy atom. The Bertz CT molecular complexity index is 664. The molecule has 2 saturated carbocycles. The first-order chi connectivity index (χ1) is 10.3. The molecule has 5 heteroatoms. The summed E-state index contributed by atoms with van der Waals surface area (Å²) >= 11 is 0. The predicted octanol–water partition coefficient (Wildman–Crippen LogP) is 0.817. The largest absolute Gasteiger partial charge is 0.462 e. The highest BCUT2D eigenvalue weighted by Gasteiger charge is 2.80. The molecule has 5 nitrogen and oxygen atoms in total. The van der Waals surface area contributed by atoms with E-state index in [0.29, 0.717) is 6.42 Å². The average Bonchev–Trinajstić information content (AvgIpc) is 3.14. The third kappa shape index (κ3) is 1.10. The Labute approximate surface area is 128 Å². The van der Waals surface area contributed by atoms with Gasteiger partial charge in [-0.1, -0.05) is 18.2 Å². The molecule has 4 aliphatic rings. The van der Waals surface area contributed by atoms with Crippen LogP contribution in [0.3, 0.4) is 0 Å². The van der Waals surface area contributed by atoms with Crippen LogP contribution < -0.4 is 0 Å². The number of carbonyl (C=O) groups is 3. The van der Waals surface area contributed by atoms with Crippen molar-refractivity contribution >= 4 is 17.5 Å². The van der Waals surface area contributed by atoms with Crippen LogP contribution in [0.5, 0.6) is 0 Å². The summed E-state index contributed by atoms with van der Waals surface area (Å²) in [6, 6.07) is 0. The van der Waals surface area contributed by atoms with Crippen molar-refractivity contribution < 1.29 is 24.2 Å². The minimum Gasteiger partial charge on any atom is -0.462 e. The second-order valence-corrected chi connectivity index (χ2v) is 7.21. The quantitative estimate of drug-likeness (QED) is 0.464. The van der Waals surface area contributed by atoms with Crippen LogP contribution in [-0.2, 0) is 19.1 Å². The second kappa shape index (κ2) is 3.77. The lowest BCUT2D eigenvalue weighted by atomic mass is 9.47. The molecule has 2 bridgehead atoms. The molecule has 0 amide bonds. The molecule has 0 unspecified atom stereocenters. The number of Topliss-reactive ketones (excluding diaryl/α,β-unsaturated/α-hetero) is 2. The molecule has 1 N–H and O–H groups in total. The maximum absolute atomic E-state index is 13.4. The normalized spacial score (nSPS) is 51.7. The van der Waals surface area contributed by atoms with E-state index in [4.69, 9.17) is 4.74 Å². The molecule has 1 saturated heterocycles. The van der Waals surface area contributed by atoms with Crippen LogP contribution in [-0.4, -0.2) is 34.9 Å². The lowest BCUT2D eigenvalue weighted by Crippen LogP contribution is -2.70. The molecule has 0 aromatic heterocycles. The molecule has 1 heterocycles. The Morgan fingerprint density at radius 1 is 1.41 bits per heavy atom. The van der Waals surface area contributed by atoms with Crippen molar-refractivity contribution in [1.82, 2.24) is 0 Å². The number of carbonyl (C=O) groups excluding carboxylic acids is 3. The van der Waals surface area contributed by atoms with E-state index in [-0.39, 0.29) is 24.2 Å². The summed E-state index contributed by atoms with van der Waals surface area (Å²) in [7, 11) is 0. The SMILES string of the molecule is C=CC[C@@]12C(=O)[C@@]3(C)COC(=O)[C@@]3(O)C(=O)[C@@H]1[C@@H]1C=C[C@H]2C1. The van der Waals surface area contributed by atoms with Crippen molar-refractivity contribution in [1.29, 1.82) is 0 Å². The van der Waals surface area contributed by atoms with E-state index >= 15 is 0 Å². The maximum atomic E-state index is 13.4. The van der Waals surface area contributed by atoms with Crippen LogP contribution in [0.25, 0.3) is 0 Å². The monoisotopic (exact) mass is 302 g/mol. The number of hydrogen-bond acceptors (Lipinski definition) is 5. The van der Waals surface area contributed by atoms with Gasteiger partial charge in [0.1, 0.15) is 12.0 Å². The molecule has 0 aromatic rings. The number of cyclic esters (lactones) is 1. The summed E-state index contributed by atoms with van der Waals surface area (Å²) in [4.78, 5) is 38.5. The van der Waals surface area contributed by atoms with Crippen LogP contribution in [0, 0.1) is 28.6 Å². The van der Waals surface area contributed by atoms with Crippen LogP contribution in [0.1, 0.15) is 19.8 Å². The van der Waals surface area contributed by atoms with Crippen molar-refractivity contribution in [3.63, 3.8) is 0 Å². The van der Waals surface area contributed by atoms with E-state index in [0.717, 1.165) is 6.42 Å². The summed E-state index contributed by atoms with van der Waals surface area (Å²) in [6.45, 7) is 4.99. The van der Waals surface area contributed by atoms with Gasteiger partial charge in [-0.2, -0.15) is 0 Å². The molecule has 0 spiro atoms. The summed E-state index contributed by atoms with van der Waals surface area (Å²) in [5.41, 5.74) is -4.72. The summed E-state index contributed by atoms with van der Waals surface area (Å²) in [6.07, 6.45) is 6.71. The van der Waals surface area contributed by atoms with Gasteiger partial charge in [-0.25, -0.2) is 4.79 Å². The van der Waals surface area contributed by atoms with Crippen molar-refractivity contribution in [2.75, 3.05) is 6.61 Å². The molecule has 1 aliphatic heterocycles. The number of hydrogen-bond donors (Lipinski definition) is 1. The molecule has 3 fully saturated rings. The third-order valence-corrected chi connectivity index (χ3v) is 6.39. The fourth-order valence-corrected chi connectivity index (χ4v) is 5.30. The molecular weight excluding hydrogens is 284 g/mol. The minimum absolute atomic E-state index is 0.0333. The fraction of sp³-hybridized carbons (Fsp3) is 0.588. The lowest BCUT2D eigenvalue weighted by Gasteiger charge is -2.51. The van der Waals surface area contributed by atoms with Gasteiger partial charge in [-0.15, -0.1) is 6.58 Å². The molecular formula is C17H18O5. The Morgan fingerprint density at radius 2 is 2.14 bits per heavy atom. The van der Waals surface area contributed by atoms with Gasteiger partial charge in [0.2, 0.25) is 5.60 Å². The summed E-state index contributed by atoms with van der Waals surface area (Å²) in [5, 5.41) is 10.8. The highest BCUT2D eigenvalue weighted by Crippen LogP contribution is 2.66. The van der Waals surface area contributed by atoms with Crippen molar-refractivity contribution in [2.45, 2.75) is 25.4 Å². The molecule has 6 atom stereocenters. The number of rotatable bonds is 2.